The fourth-order valence-corrected chi connectivity index (χ4v) is 10.4. The molecule has 0 aliphatic carbocycles. The third kappa shape index (κ3) is 20.0. The summed E-state index contributed by atoms with van der Waals surface area (Å²) in [6.07, 6.45) is 8.74. The number of nitrogens with two attached hydrogens (primary N) is 1. The maximum atomic E-state index is 12.1. The normalized spacial score (nSPS) is 11.3. The van der Waals surface area contributed by atoms with Crippen molar-refractivity contribution < 1.29 is 38.0 Å². The van der Waals surface area contributed by atoms with Gasteiger partial charge in [0.15, 0.2) is 11.0 Å². The van der Waals surface area contributed by atoms with Gasteiger partial charge in [-0.1, -0.05) is 83.6 Å². The first-order chi connectivity index (χ1) is 40.6. The average Bonchev–Trinajstić information content (AvgIpc) is 1.71. The molecule has 0 saturated carbocycles. The van der Waals surface area contributed by atoms with Crippen LogP contribution < -0.4 is 40.6 Å². The Morgan fingerprint density at radius 3 is 1.49 bits per heavy atom. The van der Waals surface area contributed by atoms with Crippen molar-refractivity contribution >= 4 is 105 Å². The van der Waals surface area contributed by atoms with E-state index in [1.165, 1.54) is 0 Å². The van der Waals surface area contributed by atoms with Crippen LogP contribution in [0.2, 0.25) is 5.15 Å². The van der Waals surface area contributed by atoms with E-state index in [-0.39, 0.29) is 19.6 Å². The van der Waals surface area contributed by atoms with E-state index in [0.717, 1.165) is 182 Å². The summed E-state index contributed by atoms with van der Waals surface area (Å²) in [6.45, 7) is 19.2. The topological polar surface area (TPSA) is 213 Å². The van der Waals surface area contributed by atoms with Crippen molar-refractivity contribution in [1.29, 1.82) is 0 Å². The number of halogens is 3. The third-order valence-electron chi connectivity index (χ3n) is 13.5. The van der Waals surface area contributed by atoms with Gasteiger partial charge >= 0.3 is 12.2 Å². The zero-order valence-corrected chi connectivity index (χ0v) is 55.3. The van der Waals surface area contributed by atoms with Gasteiger partial charge in [-0.25, -0.2) is 29.5 Å². The van der Waals surface area contributed by atoms with Crippen molar-refractivity contribution in [3.63, 3.8) is 0 Å². The molecule has 86 heavy (non-hydrogen) atoms. The van der Waals surface area contributed by atoms with Crippen LogP contribution in [0.15, 0.2) is 81.7 Å². The number of unbranched alkanes of at least 4 members (excludes halogenated alkanes) is 4. The van der Waals surface area contributed by atoms with Gasteiger partial charge in [-0.15, -0.1) is 0 Å². The number of amides is 2. The molecule has 4 aromatic heterocycles. The molecule has 0 aliphatic heterocycles. The lowest BCUT2D eigenvalue weighted by Crippen LogP contribution is -2.33. The minimum atomic E-state index is -0.512. The number of imidazole rings is 2. The zero-order valence-electron chi connectivity index (χ0n) is 51.4. The van der Waals surface area contributed by atoms with E-state index in [4.69, 9.17) is 60.7 Å². The molecule has 0 aliphatic rings. The number of carbonyl (C=O) groups excluding carboxylic acids is 2. The third-order valence-corrected chi connectivity index (χ3v) is 14.8. The lowest BCUT2D eigenvalue weighted by Gasteiger charge is -2.19. The average molecular weight is 1330 g/mol. The molecule has 2 amide bonds. The van der Waals surface area contributed by atoms with Crippen molar-refractivity contribution in [2.45, 2.75) is 164 Å². The number of alkyl carbamates (subject to hydrolysis) is 2. The Morgan fingerprint density at radius 1 is 0.581 bits per heavy atom. The van der Waals surface area contributed by atoms with Crippen LogP contribution in [0.5, 0.6) is 23.0 Å². The van der Waals surface area contributed by atoms with Gasteiger partial charge in [-0.2, -0.15) is 0 Å². The number of ether oxygens (including phenoxy) is 6. The van der Waals surface area contributed by atoms with E-state index < -0.39 is 11.2 Å². The number of carbonyl (C=O) groups is 2. The van der Waals surface area contributed by atoms with Crippen LogP contribution in [-0.4, -0.2) is 94.0 Å². The van der Waals surface area contributed by atoms with Gasteiger partial charge in [0.1, 0.15) is 56.9 Å². The van der Waals surface area contributed by atoms with Gasteiger partial charge in [0.25, 0.3) is 0 Å². The van der Waals surface area contributed by atoms with Crippen LogP contribution in [-0.2, 0) is 48.5 Å². The predicted octanol–water partition coefficient (Wildman–Crippen LogP) is 16.1. The highest BCUT2D eigenvalue weighted by atomic mass is 79.9. The SMILES string of the molecule is C.CCCCc1nc2c(Cl)nc3ccc(Br)cc3c2n1CCCCNC(=O)OC(C)(C)C.CCCCc1nc2c(NCc3ccc(OC)cc3OC)nc3ccc(Br)cc3c2n1CCCCNC(=O)OC(C)(C)C.COc1ccc(CN)c(OC)c1. The lowest BCUT2D eigenvalue weighted by molar-refractivity contribution is 0.0515. The number of rotatable bonds is 24. The van der Waals surface area contributed by atoms with Crippen molar-refractivity contribution in [2.75, 3.05) is 46.8 Å². The molecular formula is C65H89Br2ClN10O8. The van der Waals surface area contributed by atoms with Crippen LogP contribution in [0, 0.1) is 0 Å². The summed E-state index contributed by atoms with van der Waals surface area (Å²) in [7, 11) is 6.54. The van der Waals surface area contributed by atoms with Crippen molar-refractivity contribution in [3.8, 4) is 23.0 Å². The first-order valence-electron chi connectivity index (χ1n) is 29.1. The van der Waals surface area contributed by atoms with E-state index in [9.17, 15) is 9.59 Å². The first kappa shape index (κ1) is 70.2. The number of hydrogen-bond acceptors (Lipinski definition) is 14. The molecule has 0 unspecified atom stereocenters. The van der Waals surface area contributed by atoms with Gasteiger partial charge in [-0.05, 0) is 135 Å². The van der Waals surface area contributed by atoms with Crippen molar-refractivity contribution in [1.82, 2.24) is 39.7 Å². The standard InChI is InChI=1S/C32H42BrN5O4.C23H30BrClN4O2.C9H13NO2.CH4/c1-7-8-11-27-37-28-29(38(27)17-10-9-16-34-31(39)42-32(2,3)4)24-18-22(33)13-15-25(24)36-30(28)35-20-21-12-14-23(40-5)19-26(21)41-6;1-5-6-9-18-28-19-20(16-14-15(24)10-11-17(16)27-21(19)25)29(18)13-8-7-12-26-22(30)31-23(2,3)4;1-11-8-4-3-7(6-10)9(5-8)12-2;/h12-15,18-19H,7-11,16-17,20H2,1-6H3,(H,34,39)(H,35,36);10-11,14H,5-9,12-13H2,1-4H3,(H,26,30);3-5H,6,10H2,1-2H3;1H4. The van der Waals surface area contributed by atoms with Crippen molar-refractivity contribution in [2.24, 2.45) is 5.73 Å². The Hall–Kier alpha value is -6.61. The maximum absolute atomic E-state index is 12.1. The number of benzene rings is 4. The summed E-state index contributed by atoms with van der Waals surface area (Å²) in [5.41, 5.74) is 11.9. The maximum Gasteiger partial charge on any atom is 0.407 e. The van der Waals surface area contributed by atoms with E-state index in [1.807, 2.05) is 102 Å². The number of fused-ring (bicyclic) bond motifs is 6. The number of nitrogens with zero attached hydrogens (tertiary/aromatic N) is 6. The Kier molecular flexibility index (Phi) is 27.3. The highest BCUT2D eigenvalue weighted by Crippen LogP contribution is 2.36. The Labute approximate surface area is 529 Å². The molecule has 18 nitrogen and oxygen atoms in total. The smallest absolute Gasteiger partial charge is 0.407 e. The van der Waals surface area contributed by atoms with Crippen molar-refractivity contribution in [3.05, 3.63) is 110 Å². The number of aromatic nitrogens is 6. The molecule has 0 radical (unpaired) electrons. The molecule has 4 heterocycles. The lowest BCUT2D eigenvalue weighted by atomic mass is 10.1. The molecule has 0 saturated heterocycles. The minimum Gasteiger partial charge on any atom is -0.497 e. The van der Waals surface area contributed by atoms with Gasteiger partial charge in [-0.3, -0.25) is 0 Å². The van der Waals surface area contributed by atoms with E-state index in [0.29, 0.717) is 31.3 Å². The number of hydrogen-bond donors (Lipinski definition) is 4. The summed E-state index contributed by atoms with van der Waals surface area (Å²) in [5.74, 6) is 5.87. The minimum absolute atomic E-state index is 0. The monoisotopic (exact) mass is 1330 g/mol. The van der Waals surface area contributed by atoms with Crippen LogP contribution in [0.1, 0.15) is 137 Å². The highest BCUT2D eigenvalue weighted by molar-refractivity contribution is 9.10. The highest BCUT2D eigenvalue weighted by Gasteiger charge is 2.22. The second-order valence-corrected chi connectivity index (χ2v) is 24.5. The van der Waals surface area contributed by atoms with Crippen LogP contribution >= 0.6 is 43.5 Å². The molecular weight excluding hydrogens is 1240 g/mol. The van der Waals surface area contributed by atoms with Crippen LogP contribution in [0.4, 0.5) is 15.4 Å². The molecule has 8 aromatic rings. The Bertz CT molecular complexity index is 3510. The zero-order chi connectivity index (χ0) is 61.8. The fourth-order valence-electron chi connectivity index (χ4n) is 9.43. The molecule has 0 fully saturated rings. The molecule has 0 spiro atoms. The Morgan fingerprint density at radius 2 is 1.03 bits per heavy atom. The van der Waals surface area contributed by atoms with Gasteiger partial charge in [0.2, 0.25) is 0 Å². The molecule has 8 rings (SSSR count). The molecule has 21 heteroatoms. The summed E-state index contributed by atoms with van der Waals surface area (Å²) in [5, 5.41) is 11.8. The van der Waals surface area contributed by atoms with E-state index in [1.54, 1.807) is 28.4 Å². The number of anilines is 1. The largest absolute Gasteiger partial charge is 0.497 e. The molecule has 4 aromatic carbocycles. The number of pyridine rings is 2. The quantitative estimate of drug-likeness (QED) is 0.0327. The summed E-state index contributed by atoms with van der Waals surface area (Å²) >= 11 is 13.7. The second kappa shape index (κ2) is 33.5. The predicted molar refractivity (Wildman–Crippen MR) is 356 cm³/mol. The first-order valence-corrected chi connectivity index (χ1v) is 31.0. The summed E-state index contributed by atoms with van der Waals surface area (Å²) in [6, 6.07) is 23.6. The summed E-state index contributed by atoms with van der Waals surface area (Å²) in [4.78, 5) is 43.5. The Balaban J connectivity index is 0.000000268. The van der Waals surface area contributed by atoms with Gasteiger partial charge in [0.05, 0.1) is 50.5 Å². The molecule has 5 N–H and O–H groups in total. The second-order valence-electron chi connectivity index (χ2n) is 22.3. The van der Waals surface area contributed by atoms with E-state index >= 15 is 0 Å². The van der Waals surface area contributed by atoms with Gasteiger partial charge in [0, 0.05) is 95.1 Å². The van der Waals surface area contributed by atoms with Gasteiger partial charge < -0.3 is 59.2 Å². The molecule has 468 valence electrons. The number of nitrogens with one attached hydrogen (secondary N) is 3. The fraction of sp³-hybridized carbons (Fsp3) is 0.477. The summed E-state index contributed by atoms with van der Waals surface area (Å²) < 4.78 is 38.4. The van der Waals surface area contributed by atoms with Crippen LogP contribution in [0.25, 0.3) is 43.9 Å². The van der Waals surface area contributed by atoms with E-state index in [2.05, 4.69) is 87.9 Å². The number of methoxy groups -OCH3 is 4. The number of aryl methyl sites for hydroxylation is 4. The molecule has 0 atom stereocenters. The molecule has 0 bridgehead atoms. The van der Waals surface area contributed by atoms with Crippen LogP contribution in [0.3, 0.4) is 0 Å².